The number of carbonyl (C=O) groups is 1. The van der Waals surface area contributed by atoms with E-state index in [0.29, 0.717) is 18.2 Å². The molecule has 0 radical (unpaired) electrons. The van der Waals surface area contributed by atoms with Crippen molar-refractivity contribution in [2.24, 2.45) is 7.05 Å². The van der Waals surface area contributed by atoms with Crippen LogP contribution in [0.15, 0.2) is 18.2 Å². The van der Waals surface area contributed by atoms with Crippen LogP contribution in [0.3, 0.4) is 0 Å². The van der Waals surface area contributed by atoms with Crippen molar-refractivity contribution in [2.75, 3.05) is 6.61 Å². The van der Waals surface area contributed by atoms with Gasteiger partial charge >= 0.3 is 5.97 Å². The number of hydrogen-bond acceptors (Lipinski definition) is 6. The number of carboxylic acids is 1. The van der Waals surface area contributed by atoms with E-state index in [2.05, 4.69) is 15.4 Å². The molecule has 0 aliphatic carbocycles. The zero-order valence-corrected chi connectivity index (χ0v) is 11.1. The second-order valence-corrected chi connectivity index (χ2v) is 3.85. The van der Waals surface area contributed by atoms with E-state index in [1.54, 1.807) is 26.1 Å². The van der Waals surface area contributed by atoms with Crippen molar-refractivity contribution in [3.63, 3.8) is 0 Å². The lowest BCUT2D eigenvalue weighted by molar-refractivity contribution is 0.0690. The highest BCUT2D eigenvalue weighted by atomic mass is 16.5. The standard InChI is InChI=1S/C12H14N4O4/c1-3-19-9-6-4-5-8(12(17)18)11(9)20-7-10-13-15-16(2)14-10/h4-6H,3,7H2,1-2H3,(H,17,18). The topological polar surface area (TPSA) is 99.4 Å². The number of carboxylic acid groups (broad SMARTS) is 1. The van der Waals surface area contributed by atoms with Crippen molar-refractivity contribution in [1.29, 1.82) is 0 Å². The summed E-state index contributed by atoms with van der Waals surface area (Å²) in [7, 11) is 1.63. The first kappa shape index (κ1) is 13.8. The molecule has 20 heavy (non-hydrogen) atoms. The van der Waals surface area contributed by atoms with Gasteiger partial charge in [-0.2, -0.15) is 4.80 Å². The number of aromatic carboxylic acids is 1. The Hall–Kier alpha value is -2.64. The van der Waals surface area contributed by atoms with Crippen LogP contribution in [-0.2, 0) is 13.7 Å². The molecular weight excluding hydrogens is 264 g/mol. The molecule has 0 bridgehead atoms. The second-order valence-electron chi connectivity index (χ2n) is 3.85. The summed E-state index contributed by atoms with van der Waals surface area (Å²) in [6.07, 6.45) is 0. The lowest BCUT2D eigenvalue weighted by Gasteiger charge is -2.12. The molecule has 8 heteroatoms. The Labute approximate surface area is 114 Å². The van der Waals surface area contributed by atoms with Crippen LogP contribution in [0.25, 0.3) is 0 Å². The monoisotopic (exact) mass is 278 g/mol. The summed E-state index contributed by atoms with van der Waals surface area (Å²) in [6, 6.07) is 4.70. The van der Waals surface area contributed by atoms with E-state index >= 15 is 0 Å². The lowest BCUT2D eigenvalue weighted by Crippen LogP contribution is -2.07. The van der Waals surface area contributed by atoms with Gasteiger partial charge in [0, 0.05) is 0 Å². The number of aryl methyl sites for hydroxylation is 1. The number of ether oxygens (including phenoxy) is 2. The fraction of sp³-hybridized carbons (Fsp3) is 0.333. The molecule has 0 amide bonds. The smallest absolute Gasteiger partial charge is 0.339 e. The van der Waals surface area contributed by atoms with Crippen molar-refractivity contribution in [3.05, 3.63) is 29.6 Å². The molecule has 2 aromatic rings. The van der Waals surface area contributed by atoms with Crippen molar-refractivity contribution >= 4 is 5.97 Å². The molecule has 0 atom stereocenters. The molecule has 1 heterocycles. The van der Waals surface area contributed by atoms with Gasteiger partial charge in [0.25, 0.3) is 0 Å². The summed E-state index contributed by atoms with van der Waals surface area (Å²) in [5.41, 5.74) is 0.0276. The minimum absolute atomic E-state index is 0.0121. The summed E-state index contributed by atoms with van der Waals surface area (Å²) >= 11 is 0. The van der Waals surface area contributed by atoms with Crippen LogP contribution < -0.4 is 9.47 Å². The predicted molar refractivity (Wildman–Crippen MR) is 67.7 cm³/mol. The molecular formula is C12H14N4O4. The number of benzene rings is 1. The maximum absolute atomic E-state index is 11.2. The third kappa shape index (κ3) is 3.02. The van der Waals surface area contributed by atoms with Crippen LogP contribution in [0, 0.1) is 0 Å². The van der Waals surface area contributed by atoms with E-state index in [4.69, 9.17) is 9.47 Å². The van der Waals surface area contributed by atoms with Gasteiger partial charge in [-0.15, -0.1) is 10.2 Å². The molecule has 106 valence electrons. The molecule has 1 aromatic heterocycles. The second kappa shape index (κ2) is 6.00. The van der Waals surface area contributed by atoms with Gasteiger partial charge in [-0.1, -0.05) is 6.07 Å². The third-order valence-corrected chi connectivity index (χ3v) is 2.40. The average Bonchev–Trinajstić information content (AvgIpc) is 2.83. The van der Waals surface area contributed by atoms with Crippen LogP contribution in [0.2, 0.25) is 0 Å². The van der Waals surface area contributed by atoms with E-state index in [1.807, 2.05) is 0 Å². The molecule has 2 rings (SSSR count). The molecule has 0 fully saturated rings. The summed E-state index contributed by atoms with van der Waals surface area (Å²) in [6.45, 7) is 2.22. The van der Waals surface area contributed by atoms with E-state index in [0.717, 1.165) is 0 Å². The van der Waals surface area contributed by atoms with Gasteiger partial charge < -0.3 is 14.6 Å². The van der Waals surface area contributed by atoms with Gasteiger partial charge in [0.1, 0.15) is 5.56 Å². The van der Waals surface area contributed by atoms with E-state index < -0.39 is 5.97 Å². The van der Waals surface area contributed by atoms with E-state index in [1.165, 1.54) is 10.9 Å². The largest absolute Gasteiger partial charge is 0.490 e. The quantitative estimate of drug-likeness (QED) is 0.837. The molecule has 0 aliphatic rings. The van der Waals surface area contributed by atoms with E-state index in [-0.39, 0.29) is 17.9 Å². The minimum atomic E-state index is -1.09. The Balaban J connectivity index is 2.25. The Morgan fingerprint density at radius 3 is 2.80 bits per heavy atom. The van der Waals surface area contributed by atoms with Crippen molar-refractivity contribution in [3.8, 4) is 11.5 Å². The molecule has 0 aliphatic heterocycles. The molecule has 0 saturated heterocycles. The van der Waals surface area contributed by atoms with E-state index in [9.17, 15) is 9.90 Å². The number of rotatable bonds is 6. The number of tetrazole rings is 1. The first-order chi connectivity index (χ1) is 9.61. The first-order valence-electron chi connectivity index (χ1n) is 5.96. The predicted octanol–water partition coefficient (Wildman–Crippen LogP) is 0.886. The third-order valence-electron chi connectivity index (χ3n) is 2.40. The summed E-state index contributed by atoms with van der Waals surface area (Å²) in [5, 5.41) is 20.6. The van der Waals surface area contributed by atoms with Crippen LogP contribution in [0.4, 0.5) is 0 Å². The van der Waals surface area contributed by atoms with Gasteiger partial charge in [0.15, 0.2) is 18.1 Å². The van der Waals surface area contributed by atoms with Crippen LogP contribution >= 0.6 is 0 Å². The fourth-order valence-electron chi connectivity index (χ4n) is 1.62. The first-order valence-corrected chi connectivity index (χ1v) is 5.96. The molecule has 0 spiro atoms. The normalized spacial score (nSPS) is 10.3. The average molecular weight is 278 g/mol. The van der Waals surface area contributed by atoms with Gasteiger partial charge in [-0.25, -0.2) is 4.79 Å². The Morgan fingerprint density at radius 1 is 1.40 bits per heavy atom. The molecule has 8 nitrogen and oxygen atoms in total. The molecule has 1 aromatic carbocycles. The van der Waals surface area contributed by atoms with Crippen molar-refractivity contribution in [1.82, 2.24) is 20.2 Å². The zero-order chi connectivity index (χ0) is 14.5. The number of para-hydroxylation sites is 1. The maximum Gasteiger partial charge on any atom is 0.339 e. The van der Waals surface area contributed by atoms with Gasteiger partial charge in [0.05, 0.1) is 13.7 Å². The Kier molecular flexibility index (Phi) is 4.14. The zero-order valence-electron chi connectivity index (χ0n) is 11.1. The highest BCUT2D eigenvalue weighted by Crippen LogP contribution is 2.31. The van der Waals surface area contributed by atoms with Crippen LogP contribution in [0.5, 0.6) is 11.5 Å². The van der Waals surface area contributed by atoms with Gasteiger partial charge in [-0.05, 0) is 24.3 Å². The number of nitrogens with zero attached hydrogens (tertiary/aromatic N) is 4. The maximum atomic E-state index is 11.2. The van der Waals surface area contributed by atoms with Gasteiger partial charge in [0.2, 0.25) is 5.82 Å². The Morgan fingerprint density at radius 2 is 2.20 bits per heavy atom. The molecule has 0 unspecified atom stereocenters. The highest BCUT2D eigenvalue weighted by molar-refractivity contribution is 5.92. The molecule has 0 saturated carbocycles. The summed E-state index contributed by atoms with van der Waals surface area (Å²) in [4.78, 5) is 12.5. The van der Waals surface area contributed by atoms with Crippen molar-refractivity contribution in [2.45, 2.75) is 13.5 Å². The van der Waals surface area contributed by atoms with Crippen LogP contribution in [0.1, 0.15) is 23.1 Å². The number of aromatic nitrogens is 4. The van der Waals surface area contributed by atoms with Gasteiger partial charge in [-0.3, -0.25) is 0 Å². The fourth-order valence-corrected chi connectivity index (χ4v) is 1.62. The van der Waals surface area contributed by atoms with Crippen molar-refractivity contribution < 1.29 is 19.4 Å². The van der Waals surface area contributed by atoms with Crippen LogP contribution in [-0.4, -0.2) is 37.9 Å². The lowest BCUT2D eigenvalue weighted by atomic mass is 10.2. The SMILES string of the molecule is CCOc1cccc(C(=O)O)c1OCc1nnn(C)n1. The minimum Gasteiger partial charge on any atom is -0.490 e. The number of hydrogen-bond donors (Lipinski definition) is 1. The molecule has 1 N–H and O–H groups in total. The highest BCUT2D eigenvalue weighted by Gasteiger charge is 2.17. The summed E-state index contributed by atoms with van der Waals surface area (Å²) < 4.78 is 10.9. The Bertz CT molecular complexity index is 611. The summed E-state index contributed by atoms with van der Waals surface area (Å²) in [5.74, 6) is -0.200.